The molecule has 34 heavy (non-hydrogen) atoms. The topological polar surface area (TPSA) is 105 Å². The Kier molecular flexibility index (Phi) is 7.83. The van der Waals surface area contributed by atoms with E-state index < -0.39 is 12.1 Å². The SMILES string of the molecule is O=C(O)CCCCNC(=O)CC1CCCC1NC(=O)OCC1c2ccccc2-c2ccccc21. The standard InChI is InChI=1S/C27H32N2O5/c30-25(28-15-6-5-14-26(31)32)16-18-8-7-13-24(18)29-27(33)34-17-23-21-11-3-1-9-19(21)20-10-2-4-12-22(20)23/h1-4,9-12,18,23-24H,5-8,13-17H2,(H,28,30)(H,29,33)(H,31,32). The van der Waals surface area contributed by atoms with Crippen LogP contribution < -0.4 is 10.6 Å². The molecule has 0 spiro atoms. The fourth-order valence-corrected chi connectivity index (χ4v) is 5.20. The maximum Gasteiger partial charge on any atom is 0.407 e. The molecule has 1 saturated carbocycles. The van der Waals surface area contributed by atoms with E-state index in [0.717, 1.165) is 19.3 Å². The molecule has 2 aromatic carbocycles. The van der Waals surface area contributed by atoms with Gasteiger partial charge in [-0.2, -0.15) is 0 Å². The lowest BCUT2D eigenvalue weighted by atomic mass is 9.98. The highest BCUT2D eigenvalue weighted by atomic mass is 16.5. The molecule has 2 atom stereocenters. The molecule has 0 saturated heterocycles. The summed E-state index contributed by atoms with van der Waals surface area (Å²) in [5.41, 5.74) is 4.74. The zero-order chi connectivity index (χ0) is 23.9. The number of carbonyl (C=O) groups excluding carboxylic acids is 2. The number of ether oxygens (including phenoxy) is 1. The summed E-state index contributed by atoms with van der Waals surface area (Å²) in [6.07, 6.45) is 3.91. The van der Waals surface area contributed by atoms with E-state index >= 15 is 0 Å². The number of unbranched alkanes of at least 4 members (excludes halogenated alkanes) is 1. The van der Waals surface area contributed by atoms with Crippen molar-refractivity contribution in [3.05, 3.63) is 59.7 Å². The molecule has 2 amide bonds. The quantitative estimate of drug-likeness (QED) is 0.451. The predicted molar refractivity (Wildman–Crippen MR) is 128 cm³/mol. The molecule has 2 aliphatic rings. The molecule has 2 unspecified atom stereocenters. The number of fused-ring (bicyclic) bond motifs is 3. The van der Waals surface area contributed by atoms with Crippen molar-refractivity contribution in [2.45, 2.75) is 56.9 Å². The first-order valence-corrected chi connectivity index (χ1v) is 12.1. The zero-order valence-corrected chi connectivity index (χ0v) is 19.3. The van der Waals surface area contributed by atoms with Crippen molar-refractivity contribution in [1.29, 1.82) is 0 Å². The first-order valence-electron chi connectivity index (χ1n) is 12.1. The van der Waals surface area contributed by atoms with Crippen molar-refractivity contribution < 1.29 is 24.2 Å². The van der Waals surface area contributed by atoms with E-state index in [9.17, 15) is 14.4 Å². The average molecular weight is 465 g/mol. The van der Waals surface area contributed by atoms with Gasteiger partial charge in [-0.3, -0.25) is 9.59 Å². The lowest BCUT2D eigenvalue weighted by Gasteiger charge is -2.21. The summed E-state index contributed by atoms with van der Waals surface area (Å²) in [5, 5.41) is 14.5. The normalized spacial score (nSPS) is 18.7. The van der Waals surface area contributed by atoms with Crippen molar-refractivity contribution in [3.8, 4) is 11.1 Å². The van der Waals surface area contributed by atoms with E-state index in [2.05, 4.69) is 34.9 Å². The van der Waals surface area contributed by atoms with Crippen LogP contribution in [0.1, 0.15) is 62.0 Å². The van der Waals surface area contributed by atoms with E-state index in [1.54, 1.807) is 0 Å². The van der Waals surface area contributed by atoms with E-state index in [1.165, 1.54) is 22.3 Å². The molecule has 0 heterocycles. The number of amides is 2. The Morgan fingerprint density at radius 1 is 0.941 bits per heavy atom. The van der Waals surface area contributed by atoms with Crippen LogP contribution in [0.3, 0.4) is 0 Å². The van der Waals surface area contributed by atoms with Gasteiger partial charge in [-0.05, 0) is 53.9 Å². The zero-order valence-electron chi connectivity index (χ0n) is 19.3. The van der Waals surface area contributed by atoms with Crippen LogP contribution in [0.2, 0.25) is 0 Å². The highest BCUT2D eigenvalue weighted by Crippen LogP contribution is 2.44. The number of benzene rings is 2. The molecule has 2 aromatic rings. The summed E-state index contributed by atoms with van der Waals surface area (Å²) in [6.45, 7) is 0.747. The number of rotatable bonds is 10. The van der Waals surface area contributed by atoms with Gasteiger partial charge in [-0.1, -0.05) is 55.0 Å². The van der Waals surface area contributed by atoms with Crippen LogP contribution in [0.4, 0.5) is 4.79 Å². The number of hydrogen-bond acceptors (Lipinski definition) is 4. The maximum absolute atomic E-state index is 12.6. The lowest BCUT2D eigenvalue weighted by molar-refractivity contribution is -0.137. The number of carbonyl (C=O) groups is 3. The van der Waals surface area contributed by atoms with Gasteiger partial charge >= 0.3 is 12.1 Å². The molecular formula is C27H32N2O5. The first-order chi connectivity index (χ1) is 16.5. The van der Waals surface area contributed by atoms with Crippen LogP contribution in [0.25, 0.3) is 11.1 Å². The number of aliphatic carboxylic acids is 1. The number of nitrogens with one attached hydrogen (secondary N) is 2. The Bertz CT molecular complexity index is 992. The van der Waals surface area contributed by atoms with Gasteiger partial charge in [-0.15, -0.1) is 0 Å². The third-order valence-electron chi connectivity index (χ3n) is 6.89. The maximum atomic E-state index is 12.6. The van der Waals surface area contributed by atoms with Gasteiger partial charge in [0.15, 0.2) is 0 Å². The largest absolute Gasteiger partial charge is 0.481 e. The average Bonchev–Trinajstić information content (AvgIpc) is 3.39. The van der Waals surface area contributed by atoms with Crippen LogP contribution in [0, 0.1) is 5.92 Å². The minimum absolute atomic E-state index is 0.0180. The molecule has 0 bridgehead atoms. The lowest BCUT2D eigenvalue weighted by Crippen LogP contribution is -2.40. The Balaban J connectivity index is 1.25. The fourth-order valence-electron chi connectivity index (χ4n) is 5.20. The molecule has 0 aromatic heterocycles. The summed E-state index contributed by atoms with van der Waals surface area (Å²) in [6, 6.07) is 16.4. The van der Waals surface area contributed by atoms with E-state index in [0.29, 0.717) is 25.8 Å². The molecule has 2 aliphatic carbocycles. The molecule has 7 heteroatoms. The predicted octanol–water partition coefficient (Wildman–Crippen LogP) is 4.46. The van der Waals surface area contributed by atoms with Crippen molar-refractivity contribution in [3.63, 3.8) is 0 Å². The van der Waals surface area contributed by atoms with E-state index in [4.69, 9.17) is 9.84 Å². The van der Waals surface area contributed by atoms with Gasteiger partial charge in [0, 0.05) is 31.3 Å². The van der Waals surface area contributed by atoms with Crippen LogP contribution in [0.5, 0.6) is 0 Å². The van der Waals surface area contributed by atoms with Gasteiger partial charge in [-0.25, -0.2) is 4.79 Å². The third-order valence-corrected chi connectivity index (χ3v) is 6.89. The van der Waals surface area contributed by atoms with Crippen molar-refractivity contribution in [2.75, 3.05) is 13.2 Å². The Morgan fingerprint density at radius 3 is 2.29 bits per heavy atom. The molecule has 3 N–H and O–H groups in total. The van der Waals surface area contributed by atoms with Gasteiger partial charge < -0.3 is 20.5 Å². The minimum Gasteiger partial charge on any atom is -0.481 e. The molecule has 180 valence electrons. The Morgan fingerprint density at radius 2 is 1.62 bits per heavy atom. The van der Waals surface area contributed by atoms with Crippen LogP contribution in [0.15, 0.2) is 48.5 Å². The molecule has 7 nitrogen and oxygen atoms in total. The number of carboxylic acid groups (broad SMARTS) is 1. The van der Waals surface area contributed by atoms with E-state index in [1.807, 2.05) is 24.3 Å². The summed E-state index contributed by atoms with van der Waals surface area (Å²) in [5.74, 6) is -0.773. The summed E-state index contributed by atoms with van der Waals surface area (Å²) in [7, 11) is 0. The van der Waals surface area contributed by atoms with Crippen LogP contribution in [-0.2, 0) is 14.3 Å². The molecule has 1 fully saturated rings. The van der Waals surface area contributed by atoms with Crippen LogP contribution in [-0.4, -0.2) is 42.3 Å². The second-order valence-corrected chi connectivity index (χ2v) is 9.17. The summed E-state index contributed by atoms with van der Waals surface area (Å²) in [4.78, 5) is 35.5. The third kappa shape index (κ3) is 5.76. The van der Waals surface area contributed by atoms with Crippen molar-refractivity contribution in [1.82, 2.24) is 10.6 Å². The molecule has 0 radical (unpaired) electrons. The van der Waals surface area contributed by atoms with Gasteiger partial charge in [0.2, 0.25) is 5.91 Å². The van der Waals surface area contributed by atoms with E-state index in [-0.39, 0.29) is 36.8 Å². The van der Waals surface area contributed by atoms with Crippen molar-refractivity contribution in [2.24, 2.45) is 5.92 Å². The van der Waals surface area contributed by atoms with Gasteiger partial charge in [0.25, 0.3) is 0 Å². The highest BCUT2D eigenvalue weighted by Gasteiger charge is 2.32. The Hall–Kier alpha value is -3.35. The monoisotopic (exact) mass is 464 g/mol. The number of hydrogen-bond donors (Lipinski definition) is 3. The van der Waals surface area contributed by atoms with Gasteiger partial charge in [0.1, 0.15) is 6.61 Å². The Labute approximate surface area is 199 Å². The highest BCUT2D eigenvalue weighted by molar-refractivity contribution is 5.79. The minimum atomic E-state index is -0.820. The summed E-state index contributed by atoms with van der Waals surface area (Å²) < 4.78 is 5.67. The first kappa shape index (κ1) is 23.8. The van der Waals surface area contributed by atoms with Crippen LogP contribution >= 0.6 is 0 Å². The number of carboxylic acids is 1. The molecular weight excluding hydrogens is 432 g/mol. The molecule has 0 aliphatic heterocycles. The number of alkyl carbamates (subject to hydrolysis) is 1. The molecule has 4 rings (SSSR count). The smallest absolute Gasteiger partial charge is 0.407 e. The van der Waals surface area contributed by atoms with Crippen molar-refractivity contribution >= 4 is 18.0 Å². The second kappa shape index (κ2) is 11.2. The fraction of sp³-hybridized carbons (Fsp3) is 0.444. The van der Waals surface area contributed by atoms with Gasteiger partial charge in [0.05, 0.1) is 0 Å². The second-order valence-electron chi connectivity index (χ2n) is 9.17. The summed E-state index contributed by atoms with van der Waals surface area (Å²) >= 11 is 0.